The van der Waals surface area contributed by atoms with E-state index in [-0.39, 0.29) is 11.3 Å². The highest BCUT2D eigenvalue weighted by Gasteiger charge is 2.32. The molecule has 0 amide bonds. The third kappa shape index (κ3) is 2.24. The summed E-state index contributed by atoms with van der Waals surface area (Å²) in [6, 6.07) is 7.08. The van der Waals surface area contributed by atoms with Crippen LogP contribution in [0.25, 0.3) is 11.1 Å². The summed E-state index contributed by atoms with van der Waals surface area (Å²) >= 11 is 0. The van der Waals surface area contributed by atoms with Crippen LogP contribution < -0.4 is 5.73 Å². The zero-order valence-electron chi connectivity index (χ0n) is 10.3. The van der Waals surface area contributed by atoms with E-state index in [4.69, 9.17) is 10.2 Å². The first-order valence-electron chi connectivity index (χ1n) is 6.19. The lowest BCUT2D eigenvalue weighted by atomic mass is 10.1. The van der Waals surface area contributed by atoms with Crippen LogP contribution >= 0.6 is 0 Å². The fourth-order valence-corrected chi connectivity index (χ4v) is 3.51. The van der Waals surface area contributed by atoms with Gasteiger partial charge in [-0.3, -0.25) is 0 Å². The molecule has 0 unspecified atom stereocenters. The van der Waals surface area contributed by atoms with Gasteiger partial charge in [-0.05, 0) is 25.0 Å². The molecule has 1 aromatic carbocycles. The molecule has 6 nitrogen and oxygen atoms in total. The molecule has 2 N–H and O–H groups in total. The summed E-state index contributed by atoms with van der Waals surface area (Å²) in [6.45, 7) is 0.838. The first-order valence-corrected chi connectivity index (χ1v) is 7.63. The maximum absolute atomic E-state index is 12.4. The lowest BCUT2D eigenvalue weighted by Gasteiger charge is -2.27. The van der Waals surface area contributed by atoms with Crippen LogP contribution in [0, 0.1) is 0 Å². The Morgan fingerprint density at radius 1 is 1.26 bits per heavy atom. The molecular formula is C12H15N3O3S. The van der Waals surface area contributed by atoms with Gasteiger partial charge in [0.05, 0.1) is 0 Å². The van der Waals surface area contributed by atoms with Crippen molar-refractivity contribution < 1.29 is 12.8 Å². The highest BCUT2D eigenvalue weighted by Crippen LogP contribution is 2.23. The number of nitrogens with two attached hydrogens (primary N) is 1. The van der Waals surface area contributed by atoms with E-state index in [9.17, 15) is 8.42 Å². The molecule has 3 rings (SSSR count). The summed E-state index contributed by atoms with van der Waals surface area (Å²) in [5, 5.41) is -0.232. The number of hydrogen-bond acceptors (Lipinski definition) is 5. The summed E-state index contributed by atoms with van der Waals surface area (Å²) < 4.78 is 31.5. The highest BCUT2D eigenvalue weighted by atomic mass is 32.2. The molecule has 0 radical (unpaired) electrons. The molecule has 19 heavy (non-hydrogen) atoms. The zero-order chi connectivity index (χ0) is 13.5. The maximum Gasteiger partial charge on any atom is 0.332 e. The summed E-state index contributed by atoms with van der Waals surface area (Å²) in [5.41, 5.74) is 6.81. The van der Waals surface area contributed by atoms with E-state index in [2.05, 4.69) is 4.98 Å². The van der Waals surface area contributed by atoms with Crippen molar-refractivity contribution >= 4 is 21.1 Å². The van der Waals surface area contributed by atoms with Crippen LogP contribution in [-0.2, 0) is 10.0 Å². The van der Waals surface area contributed by atoms with Crippen molar-refractivity contribution in [2.45, 2.75) is 24.1 Å². The third-order valence-corrected chi connectivity index (χ3v) is 4.99. The van der Waals surface area contributed by atoms with Gasteiger partial charge in [-0.1, -0.05) is 12.1 Å². The van der Waals surface area contributed by atoms with E-state index >= 15 is 0 Å². The Hall–Kier alpha value is -1.44. The molecule has 0 saturated carbocycles. The second-order valence-electron chi connectivity index (χ2n) is 4.69. The number of hydrogen-bond donors (Lipinski definition) is 1. The number of benzene rings is 1. The standard InChI is InChI=1S/C12H15N3O3S/c13-9-5-7-15(8-6-9)19(16,17)12-14-10-3-1-2-4-11(10)18-12/h1-4,9H,5-8,13H2. The van der Waals surface area contributed by atoms with Gasteiger partial charge >= 0.3 is 5.22 Å². The molecule has 2 heterocycles. The average molecular weight is 281 g/mol. The molecule has 7 heteroatoms. The largest absolute Gasteiger partial charge is 0.427 e. The molecule has 0 aliphatic carbocycles. The van der Waals surface area contributed by atoms with Crippen LogP contribution in [0.1, 0.15) is 12.8 Å². The van der Waals surface area contributed by atoms with Crippen molar-refractivity contribution in [3.8, 4) is 0 Å². The highest BCUT2D eigenvalue weighted by molar-refractivity contribution is 7.88. The lowest BCUT2D eigenvalue weighted by molar-refractivity contribution is 0.309. The van der Waals surface area contributed by atoms with Gasteiger partial charge in [-0.15, -0.1) is 0 Å². The molecular weight excluding hydrogens is 266 g/mol. The normalized spacial score (nSPS) is 19.0. The minimum Gasteiger partial charge on any atom is -0.427 e. The summed E-state index contributed by atoms with van der Waals surface area (Å²) in [5.74, 6) is 0. The summed E-state index contributed by atoms with van der Waals surface area (Å²) in [6.07, 6.45) is 1.33. The minimum atomic E-state index is -3.65. The van der Waals surface area contributed by atoms with E-state index in [1.807, 2.05) is 0 Å². The molecule has 102 valence electrons. The van der Waals surface area contributed by atoms with Crippen molar-refractivity contribution in [3.63, 3.8) is 0 Å². The number of fused-ring (bicyclic) bond motifs is 1. The van der Waals surface area contributed by atoms with Gasteiger partial charge in [0.15, 0.2) is 5.58 Å². The monoisotopic (exact) mass is 281 g/mol. The van der Waals surface area contributed by atoms with Crippen molar-refractivity contribution in [1.82, 2.24) is 9.29 Å². The number of oxazole rings is 1. The molecule has 0 bridgehead atoms. The van der Waals surface area contributed by atoms with Gasteiger partial charge in [-0.2, -0.15) is 9.29 Å². The van der Waals surface area contributed by atoms with Crippen LogP contribution in [0.15, 0.2) is 33.9 Å². The number of nitrogens with zero attached hydrogens (tertiary/aromatic N) is 2. The van der Waals surface area contributed by atoms with Crippen molar-refractivity contribution in [3.05, 3.63) is 24.3 Å². The van der Waals surface area contributed by atoms with Gasteiger partial charge in [0.25, 0.3) is 10.0 Å². The predicted octanol–water partition coefficient (Wildman–Crippen LogP) is 0.940. The molecule has 2 aromatic rings. The summed E-state index contributed by atoms with van der Waals surface area (Å²) in [4.78, 5) is 4.05. The van der Waals surface area contributed by atoms with Crippen LogP contribution in [0.2, 0.25) is 0 Å². The van der Waals surface area contributed by atoms with E-state index in [0.29, 0.717) is 37.0 Å². The Bertz CT molecular complexity index is 654. The topological polar surface area (TPSA) is 89.4 Å². The smallest absolute Gasteiger partial charge is 0.332 e. The van der Waals surface area contributed by atoms with Crippen molar-refractivity contribution in [2.24, 2.45) is 5.73 Å². The number of aromatic nitrogens is 1. The Kier molecular flexibility index (Phi) is 3.04. The third-order valence-electron chi connectivity index (χ3n) is 3.33. The molecule has 1 aliphatic heterocycles. The minimum absolute atomic E-state index is 0.0788. The van der Waals surface area contributed by atoms with Gasteiger partial charge in [0.2, 0.25) is 0 Å². The van der Waals surface area contributed by atoms with E-state index in [1.54, 1.807) is 24.3 Å². The first kappa shape index (κ1) is 12.6. The van der Waals surface area contributed by atoms with E-state index in [1.165, 1.54) is 4.31 Å². The number of para-hydroxylation sites is 2. The van der Waals surface area contributed by atoms with Crippen molar-refractivity contribution in [2.75, 3.05) is 13.1 Å². The average Bonchev–Trinajstić information content (AvgIpc) is 2.83. The van der Waals surface area contributed by atoms with Gasteiger partial charge in [0.1, 0.15) is 5.52 Å². The van der Waals surface area contributed by atoms with Gasteiger partial charge in [-0.25, -0.2) is 8.42 Å². The summed E-state index contributed by atoms with van der Waals surface area (Å²) in [7, 11) is -3.65. The molecule has 1 saturated heterocycles. The van der Waals surface area contributed by atoms with Gasteiger partial charge < -0.3 is 10.2 Å². The van der Waals surface area contributed by atoms with E-state index < -0.39 is 10.0 Å². The second kappa shape index (κ2) is 4.59. The molecule has 0 atom stereocenters. The van der Waals surface area contributed by atoms with Crippen LogP contribution in [-0.4, -0.2) is 36.8 Å². The Balaban J connectivity index is 1.95. The van der Waals surface area contributed by atoms with E-state index in [0.717, 1.165) is 0 Å². The second-order valence-corrected chi connectivity index (χ2v) is 6.50. The quantitative estimate of drug-likeness (QED) is 0.884. The Labute approximate surface area is 111 Å². The molecule has 1 fully saturated rings. The number of rotatable bonds is 2. The number of piperidine rings is 1. The maximum atomic E-state index is 12.4. The van der Waals surface area contributed by atoms with Crippen LogP contribution in [0.5, 0.6) is 0 Å². The number of sulfonamides is 1. The fourth-order valence-electron chi connectivity index (χ4n) is 2.19. The molecule has 1 aromatic heterocycles. The van der Waals surface area contributed by atoms with Crippen LogP contribution in [0.3, 0.4) is 0 Å². The van der Waals surface area contributed by atoms with Crippen LogP contribution in [0.4, 0.5) is 0 Å². The SMILES string of the molecule is NC1CCN(S(=O)(=O)c2nc3ccccc3o2)CC1. The zero-order valence-corrected chi connectivity index (χ0v) is 11.1. The van der Waals surface area contributed by atoms with Crippen molar-refractivity contribution in [1.29, 1.82) is 0 Å². The fraction of sp³-hybridized carbons (Fsp3) is 0.417. The first-order chi connectivity index (χ1) is 9.07. The predicted molar refractivity (Wildman–Crippen MR) is 70.0 cm³/mol. The molecule has 0 spiro atoms. The Morgan fingerprint density at radius 2 is 1.95 bits per heavy atom. The molecule has 1 aliphatic rings. The lowest BCUT2D eigenvalue weighted by Crippen LogP contribution is -2.42. The van der Waals surface area contributed by atoms with Gasteiger partial charge in [0, 0.05) is 19.1 Å². The Morgan fingerprint density at radius 3 is 2.63 bits per heavy atom.